The lowest BCUT2D eigenvalue weighted by Gasteiger charge is -2.62. The highest BCUT2D eigenvalue weighted by atomic mass is 127. The Kier molecular flexibility index (Phi) is 7.14. The molecule has 1 aromatic rings. The molecule has 1 aliphatic rings. The van der Waals surface area contributed by atoms with E-state index >= 15 is 0 Å². The molecule has 1 saturated heterocycles. The van der Waals surface area contributed by atoms with Crippen LogP contribution in [0.5, 0.6) is 0 Å². The van der Waals surface area contributed by atoms with Gasteiger partial charge in [0.05, 0.1) is 4.90 Å². The first kappa shape index (κ1) is 23.2. The second-order valence-electron chi connectivity index (χ2n) is 7.82. The van der Waals surface area contributed by atoms with Crippen molar-refractivity contribution >= 4 is 40.0 Å². The van der Waals surface area contributed by atoms with Gasteiger partial charge < -0.3 is 10.2 Å². The number of halogens is 1. The Morgan fingerprint density at radius 1 is 1.23 bits per heavy atom. The number of likely N-dealkylation sites (tertiary alicyclic amines) is 1. The van der Waals surface area contributed by atoms with Crippen LogP contribution in [-0.2, 0) is 16.6 Å². The lowest BCUT2D eigenvalue weighted by molar-refractivity contribution is -0.0668. The summed E-state index contributed by atoms with van der Waals surface area (Å²) in [4.78, 5) is 6.94. The van der Waals surface area contributed by atoms with Crippen molar-refractivity contribution in [2.45, 2.75) is 44.7 Å². The lowest BCUT2D eigenvalue weighted by atomic mass is 9.65. The van der Waals surface area contributed by atoms with Crippen molar-refractivity contribution in [3.05, 3.63) is 29.8 Å². The van der Waals surface area contributed by atoms with E-state index < -0.39 is 10.0 Å². The number of nitrogens with one attached hydrogen (secondary N) is 1. The van der Waals surface area contributed by atoms with Crippen LogP contribution >= 0.6 is 24.0 Å². The molecule has 0 unspecified atom stereocenters. The predicted octanol–water partition coefficient (Wildman–Crippen LogP) is 2.75. The van der Waals surface area contributed by atoms with E-state index in [1.807, 2.05) is 12.1 Å². The third-order valence-corrected chi connectivity index (χ3v) is 7.44. The maximum absolute atomic E-state index is 12.5. The van der Waals surface area contributed by atoms with Crippen molar-refractivity contribution in [1.29, 1.82) is 0 Å². The third kappa shape index (κ3) is 4.01. The Morgan fingerprint density at radius 3 is 2.27 bits per heavy atom. The first-order valence-corrected chi connectivity index (χ1v) is 9.88. The summed E-state index contributed by atoms with van der Waals surface area (Å²) in [6.45, 7) is 10.2. The molecule has 1 aliphatic heterocycles. The van der Waals surface area contributed by atoms with Crippen molar-refractivity contribution in [1.82, 2.24) is 14.5 Å². The molecule has 0 bridgehead atoms. The molecule has 2 rings (SSSR count). The summed E-state index contributed by atoms with van der Waals surface area (Å²) < 4.78 is 26.3. The molecule has 148 valence electrons. The van der Waals surface area contributed by atoms with Gasteiger partial charge in [0.15, 0.2) is 5.96 Å². The van der Waals surface area contributed by atoms with Crippen LogP contribution in [0, 0.1) is 5.41 Å². The summed E-state index contributed by atoms with van der Waals surface area (Å²) in [6.07, 6.45) is 0. The Morgan fingerprint density at radius 2 is 1.81 bits per heavy atom. The number of guanidine groups is 1. The van der Waals surface area contributed by atoms with Crippen LogP contribution in [0.2, 0.25) is 0 Å². The quantitative estimate of drug-likeness (QED) is 0.397. The smallest absolute Gasteiger partial charge is 0.242 e. The van der Waals surface area contributed by atoms with Crippen LogP contribution in [0.25, 0.3) is 0 Å². The highest BCUT2D eigenvalue weighted by molar-refractivity contribution is 14.0. The first-order valence-electron chi connectivity index (χ1n) is 8.44. The average molecular weight is 494 g/mol. The van der Waals surface area contributed by atoms with Crippen LogP contribution in [-0.4, -0.2) is 56.8 Å². The molecule has 8 heteroatoms. The van der Waals surface area contributed by atoms with E-state index in [0.29, 0.717) is 11.4 Å². The van der Waals surface area contributed by atoms with Gasteiger partial charge in [-0.3, -0.25) is 4.99 Å². The zero-order valence-corrected chi connectivity index (χ0v) is 19.8. The largest absolute Gasteiger partial charge is 0.352 e. The van der Waals surface area contributed by atoms with E-state index in [1.54, 1.807) is 33.3 Å². The van der Waals surface area contributed by atoms with Gasteiger partial charge in [0, 0.05) is 45.2 Å². The lowest BCUT2D eigenvalue weighted by Crippen LogP contribution is -2.72. The number of nitrogens with zero attached hydrogens (tertiary/aromatic N) is 3. The summed E-state index contributed by atoms with van der Waals surface area (Å²) in [5.41, 5.74) is 0.927. The zero-order valence-electron chi connectivity index (χ0n) is 16.7. The van der Waals surface area contributed by atoms with E-state index in [1.165, 1.54) is 4.31 Å². The number of aliphatic imine (C=N–C) groups is 1. The van der Waals surface area contributed by atoms with E-state index in [2.05, 4.69) is 42.9 Å². The fourth-order valence-electron chi connectivity index (χ4n) is 2.97. The minimum Gasteiger partial charge on any atom is -0.352 e. The molecule has 0 atom stereocenters. The molecule has 0 aliphatic carbocycles. The molecule has 1 N–H and O–H groups in total. The Hall–Kier alpha value is -0.870. The molecule has 0 radical (unpaired) electrons. The minimum absolute atomic E-state index is 0. The van der Waals surface area contributed by atoms with Crippen LogP contribution < -0.4 is 5.32 Å². The second-order valence-corrected chi connectivity index (χ2v) is 9.95. The zero-order chi connectivity index (χ0) is 19.0. The molecule has 0 amide bonds. The van der Waals surface area contributed by atoms with Crippen molar-refractivity contribution < 1.29 is 8.42 Å². The molecule has 0 aromatic heterocycles. The fourth-order valence-corrected chi connectivity index (χ4v) is 4.08. The molecule has 0 spiro atoms. The van der Waals surface area contributed by atoms with E-state index in [0.717, 1.165) is 18.1 Å². The van der Waals surface area contributed by atoms with Gasteiger partial charge in [0.1, 0.15) is 0 Å². The molecule has 0 saturated carbocycles. The van der Waals surface area contributed by atoms with Gasteiger partial charge in [-0.25, -0.2) is 12.7 Å². The normalized spacial score (nSPS) is 18.9. The van der Waals surface area contributed by atoms with Crippen molar-refractivity contribution in [3.63, 3.8) is 0 Å². The second kappa shape index (κ2) is 8.02. The maximum atomic E-state index is 12.5. The molecule has 1 aromatic carbocycles. The van der Waals surface area contributed by atoms with E-state index in [9.17, 15) is 8.42 Å². The SMILES string of the molecule is CN=C(NCc1ccccc1S(=O)(=O)N(C)C)N1CC(C)(C)C1(C)C.I. The fraction of sp³-hybridized carbons (Fsp3) is 0.611. The van der Waals surface area contributed by atoms with Crippen molar-refractivity contribution in [2.75, 3.05) is 27.7 Å². The number of rotatable bonds is 4. The van der Waals surface area contributed by atoms with Crippen LogP contribution in [0.15, 0.2) is 34.2 Å². The van der Waals surface area contributed by atoms with Gasteiger partial charge >= 0.3 is 0 Å². The molecule has 1 heterocycles. The first-order chi connectivity index (χ1) is 11.4. The van der Waals surface area contributed by atoms with E-state index in [-0.39, 0.29) is 34.9 Å². The summed E-state index contributed by atoms with van der Waals surface area (Å²) in [6, 6.07) is 7.08. The van der Waals surface area contributed by atoms with Gasteiger partial charge in [-0.15, -0.1) is 24.0 Å². The summed E-state index contributed by atoms with van der Waals surface area (Å²) >= 11 is 0. The van der Waals surface area contributed by atoms with Gasteiger partial charge in [-0.05, 0) is 25.5 Å². The average Bonchev–Trinajstić information content (AvgIpc) is 2.54. The van der Waals surface area contributed by atoms with Gasteiger partial charge in [0.25, 0.3) is 0 Å². The van der Waals surface area contributed by atoms with Crippen molar-refractivity contribution in [3.8, 4) is 0 Å². The Labute approximate surface area is 175 Å². The predicted molar refractivity (Wildman–Crippen MR) is 117 cm³/mol. The molecular formula is C18H31IN4O2S. The minimum atomic E-state index is -3.48. The monoisotopic (exact) mass is 494 g/mol. The van der Waals surface area contributed by atoms with Crippen LogP contribution in [0.3, 0.4) is 0 Å². The summed E-state index contributed by atoms with van der Waals surface area (Å²) in [5.74, 6) is 0.793. The highest BCUT2D eigenvalue weighted by Crippen LogP contribution is 2.46. The molecule has 1 fully saturated rings. The third-order valence-electron chi connectivity index (χ3n) is 5.52. The molecular weight excluding hydrogens is 463 g/mol. The Bertz CT molecular complexity index is 773. The topological polar surface area (TPSA) is 65.0 Å². The highest BCUT2D eigenvalue weighted by Gasteiger charge is 2.53. The van der Waals surface area contributed by atoms with Crippen molar-refractivity contribution in [2.24, 2.45) is 10.4 Å². The Balaban J connectivity index is 0.00000338. The van der Waals surface area contributed by atoms with Crippen LogP contribution in [0.1, 0.15) is 33.3 Å². The van der Waals surface area contributed by atoms with Gasteiger partial charge in [-0.1, -0.05) is 32.0 Å². The van der Waals surface area contributed by atoms with Gasteiger partial charge in [0.2, 0.25) is 10.0 Å². The number of hydrogen-bond acceptors (Lipinski definition) is 3. The standard InChI is InChI=1S/C18H30N4O2S.HI/c1-17(2)13-22(18(17,3)4)16(19-5)20-12-14-10-8-9-11-15(14)25(23,24)21(6)7;/h8-11H,12-13H2,1-7H3,(H,19,20);1H. The number of benzene rings is 1. The number of hydrogen-bond donors (Lipinski definition) is 1. The maximum Gasteiger partial charge on any atom is 0.242 e. The van der Waals surface area contributed by atoms with E-state index in [4.69, 9.17) is 0 Å². The summed E-state index contributed by atoms with van der Waals surface area (Å²) in [5, 5.41) is 3.33. The molecule has 26 heavy (non-hydrogen) atoms. The van der Waals surface area contributed by atoms with Gasteiger partial charge in [-0.2, -0.15) is 0 Å². The van der Waals surface area contributed by atoms with Crippen LogP contribution in [0.4, 0.5) is 0 Å². The summed E-state index contributed by atoms with van der Waals surface area (Å²) in [7, 11) is 1.37. The number of sulfonamides is 1. The molecule has 6 nitrogen and oxygen atoms in total.